The van der Waals surface area contributed by atoms with Crippen LogP contribution >= 0.6 is 0 Å². The van der Waals surface area contributed by atoms with Gasteiger partial charge in [-0.25, -0.2) is 0 Å². The summed E-state index contributed by atoms with van der Waals surface area (Å²) in [5, 5.41) is 5.83. The maximum atomic E-state index is 13.0. The minimum atomic E-state index is -4.51. The second kappa shape index (κ2) is 9.60. The van der Waals surface area contributed by atoms with Crippen LogP contribution < -0.4 is 20.1 Å². The molecule has 0 spiro atoms. The summed E-state index contributed by atoms with van der Waals surface area (Å²) < 4.78 is 75.6. The topological polar surface area (TPSA) is 185 Å². The molecule has 3 aromatic rings. The Labute approximate surface area is 228 Å². The molecule has 206 valence electrons. The molecule has 2 heterocycles. The average Bonchev–Trinajstić information content (AvgIpc) is 3.38. The zero-order valence-electron chi connectivity index (χ0n) is 20.8. The predicted octanol–water partition coefficient (Wildman–Crippen LogP) is 3.50. The molecular weight excluding hydrogens is 564 g/mol. The summed E-state index contributed by atoms with van der Waals surface area (Å²) in [7, 11) is -6.19. The van der Waals surface area contributed by atoms with Crippen molar-refractivity contribution in [2.45, 2.75) is 9.79 Å². The van der Waals surface area contributed by atoms with E-state index in [2.05, 4.69) is 10.6 Å². The maximum absolute atomic E-state index is 13.0. The van der Waals surface area contributed by atoms with E-state index in [0.29, 0.717) is 34.0 Å². The Morgan fingerprint density at radius 2 is 1.05 bits per heavy atom. The molecule has 0 atom stereocenters. The summed E-state index contributed by atoms with van der Waals surface area (Å²) in [5.41, 5.74) is 1.82. The van der Waals surface area contributed by atoms with Gasteiger partial charge in [-0.05, 0) is 54.6 Å². The quantitative estimate of drug-likeness (QED) is 0.244. The molecule has 0 fully saturated rings. The fourth-order valence-electron chi connectivity index (χ4n) is 4.34. The van der Waals surface area contributed by atoms with Crippen molar-refractivity contribution in [1.29, 1.82) is 0 Å². The molecule has 4 N–H and O–H groups in total. The number of methoxy groups -OCH3 is 2. The van der Waals surface area contributed by atoms with Crippen LogP contribution in [-0.4, -0.2) is 51.7 Å². The number of carbonyl (C=O) groups is 2. The van der Waals surface area contributed by atoms with Crippen LogP contribution in [0.3, 0.4) is 0 Å². The molecule has 14 heteroatoms. The molecule has 2 aliphatic heterocycles. The number of rotatable bonds is 6. The van der Waals surface area contributed by atoms with E-state index in [4.69, 9.17) is 9.47 Å². The monoisotopic (exact) mass is 584 g/mol. The number of hydrogen-bond donors (Lipinski definition) is 4. The number of benzene rings is 3. The molecule has 12 nitrogen and oxygen atoms in total. The van der Waals surface area contributed by atoms with Crippen LogP contribution in [0.25, 0.3) is 12.2 Å². The number of carbonyl (C=O) groups excluding carboxylic acids is 2. The highest BCUT2D eigenvalue weighted by atomic mass is 32.2. The normalized spacial score (nSPS) is 16.5. The Kier molecular flexibility index (Phi) is 6.50. The summed E-state index contributed by atoms with van der Waals surface area (Å²) in [4.78, 5) is 25.2. The lowest BCUT2D eigenvalue weighted by Crippen LogP contribution is -2.03. The molecule has 40 heavy (non-hydrogen) atoms. The first-order chi connectivity index (χ1) is 18.8. The SMILES string of the molecule is COc1cc(OC)c(C=C2Nc3ccc(S(=O)(=O)O)cc3C2=O)cc1C=C1Nc2ccc(S(=O)(=O)O)cc2C1=O. The van der Waals surface area contributed by atoms with E-state index in [1.54, 1.807) is 12.1 Å². The van der Waals surface area contributed by atoms with Crippen molar-refractivity contribution >= 4 is 55.3 Å². The number of ether oxygens (including phenoxy) is 2. The Morgan fingerprint density at radius 3 is 1.40 bits per heavy atom. The summed E-state index contributed by atoms with van der Waals surface area (Å²) in [6.45, 7) is 0. The van der Waals surface area contributed by atoms with Gasteiger partial charge in [-0.1, -0.05) is 0 Å². The molecule has 0 aromatic heterocycles. The lowest BCUT2D eigenvalue weighted by molar-refractivity contribution is 0.103. The number of fused-ring (bicyclic) bond motifs is 2. The van der Waals surface area contributed by atoms with Gasteiger partial charge >= 0.3 is 0 Å². The van der Waals surface area contributed by atoms with Gasteiger partial charge in [0, 0.05) is 39.7 Å². The second-order valence-electron chi connectivity index (χ2n) is 8.73. The van der Waals surface area contributed by atoms with E-state index in [1.165, 1.54) is 38.5 Å². The van der Waals surface area contributed by atoms with Crippen LogP contribution in [0, 0.1) is 0 Å². The van der Waals surface area contributed by atoms with Gasteiger partial charge in [0.1, 0.15) is 11.5 Å². The zero-order valence-corrected chi connectivity index (χ0v) is 22.4. The fraction of sp³-hybridized carbons (Fsp3) is 0.0769. The average molecular weight is 585 g/mol. The molecule has 0 saturated heterocycles. The lowest BCUT2D eigenvalue weighted by atomic mass is 10.0. The first-order valence-corrected chi connectivity index (χ1v) is 14.2. The van der Waals surface area contributed by atoms with Crippen molar-refractivity contribution < 1.29 is 45.0 Å². The van der Waals surface area contributed by atoms with Crippen molar-refractivity contribution in [3.63, 3.8) is 0 Å². The molecule has 5 rings (SSSR count). The Balaban J connectivity index is 1.54. The third-order valence-electron chi connectivity index (χ3n) is 6.28. The molecule has 0 radical (unpaired) electrons. The molecule has 3 aromatic carbocycles. The van der Waals surface area contributed by atoms with Gasteiger partial charge in [0.15, 0.2) is 0 Å². The number of anilines is 2. The van der Waals surface area contributed by atoms with Crippen molar-refractivity contribution in [2.75, 3.05) is 24.9 Å². The lowest BCUT2D eigenvalue weighted by Gasteiger charge is -2.12. The Hall–Kier alpha value is -4.50. The Morgan fingerprint density at radius 1 is 0.650 bits per heavy atom. The molecule has 0 amide bonds. The molecule has 0 aliphatic carbocycles. The minimum Gasteiger partial charge on any atom is -0.496 e. The van der Waals surface area contributed by atoms with Crippen molar-refractivity contribution in [3.8, 4) is 11.5 Å². The summed E-state index contributed by atoms with van der Waals surface area (Å²) in [6.07, 6.45) is 2.96. The third-order valence-corrected chi connectivity index (χ3v) is 7.98. The van der Waals surface area contributed by atoms with Gasteiger partial charge < -0.3 is 20.1 Å². The number of ketones is 2. The van der Waals surface area contributed by atoms with Gasteiger partial charge in [0.25, 0.3) is 20.2 Å². The summed E-state index contributed by atoms with van der Waals surface area (Å²) >= 11 is 0. The maximum Gasteiger partial charge on any atom is 0.294 e. The van der Waals surface area contributed by atoms with Crippen LogP contribution in [-0.2, 0) is 20.2 Å². The second-order valence-corrected chi connectivity index (χ2v) is 11.6. The van der Waals surface area contributed by atoms with Gasteiger partial charge in [0.05, 0.1) is 35.4 Å². The van der Waals surface area contributed by atoms with Gasteiger partial charge in [0.2, 0.25) is 11.6 Å². The predicted molar refractivity (Wildman–Crippen MR) is 144 cm³/mol. The van der Waals surface area contributed by atoms with Crippen LogP contribution in [0.4, 0.5) is 11.4 Å². The van der Waals surface area contributed by atoms with Crippen molar-refractivity contribution in [1.82, 2.24) is 0 Å². The molecule has 0 bridgehead atoms. The highest BCUT2D eigenvalue weighted by molar-refractivity contribution is 7.86. The van der Waals surface area contributed by atoms with E-state index in [1.807, 2.05) is 0 Å². The highest BCUT2D eigenvalue weighted by Gasteiger charge is 2.29. The zero-order chi connectivity index (χ0) is 29.0. The standard InChI is InChI=1S/C26H20N2O10S2/c1-37-23-12-24(38-2)14(9-22-26(30)18-11-16(40(34,35)36)4-6-20(18)28-22)7-13(23)8-21-25(29)17-10-15(39(31,32)33)3-5-19(17)27-21/h3-12,27-28H,1-2H3,(H,31,32,33)(H,34,35,36). The van der Waals surface area contributed by atoms with Gasteiger partial charge in [-0.3, -0.25) is 18.7 Å². The number of nitrogens with one attached hydrogen (secondary N) is 2. The number of hydrogen-bond acceptors (Lipinski definition) is 10. The van der Waals surface area contributed by atoms with Gasteiger partial charge in [-0.15, -0.1) is 0 Å². The van der Waals surface area contributed by atoms with Gasteiger partial charge in [-0.2, -0.15) is 16.8 Å². The molecule has 2 aliphatic rings. The van der Waals surface area contributed by atoms with Crippen LogP contribution in [0.15, 0.2) is 69.7 Å². The Bertz CT molecular complexity index is 1770. The highest BCUT2D eigenvalue weighted by Crippen LogP contribution is 2.37. The first kappa shape index (κ1) is 27.1. The minimum absolute atomic E-state index is 0.0546. The van der Waals surface area contributed by atoms with Crippen LogP contribution in [0.2, 0.25) is 0 Å². The fourth-order valence-corrected chi connectivity index (χ4v) is 5.36. The molecule has 0 saturated carbocycles. The third kappa shape index (κ3) is 4.84. The van der Waals surface area contributed by atoms with Crippen LogP contribution in [0.5, 0.6) is 11.5 Å². The number of Topliss-reactive ketones (excluding diaryl/α,β-unsaturated/α-hetero) is 2. The summed E-state index contributed by atoms with van der Waals surface area (Å²) in [6, 6.07) is 10.3. The smallest absolute Gasteiger partial charge is 0.294 e. The number of allylic oxidation sites excluding steroid dienone is 2. The van der Waals surface area contributed by atoms with E-state index in [9.17, 15) is 35.5 Å². The largest absolute Gasteiger partial charge is 0.496 e. The summed E-state index contributed by atoms with van der Waals surface area (Å²) in [5.74, 6) is -0.392. The van der Waals surface area contributed by atoms with Crippen LogP contribution in [0.1, 0.15) is 31.8 Å². The molecule has 0 unspecified atom stereocenters. The molecular formula is C26H20N2O10S2. The van der Waals surface area contributed by atoms with E-state index in [-0.39, 0.29) is 22.5 Å². The van der Waals surface area contributed by atoms with E-state index >= 15 is 0 Å². The van der Waals surface area contributed by atoms with Crippen molar-refractivity contribution in [3.05, 3.63) is 82.2 Å². The van der Waals surface area contributed by atoms with E-state index < -0.39 is 41.6 Å². The first-order valence-electron chi connectivity index (χ1n) is 11.4. The van der Waals surface area contributed by atoms with E-state index in [0.717, 1.165) is 24.3 Å². The van der Waals surface area contributed by atoms with Crippen molar-refractivity contribution in [2.24, 2.45) is 0 Å².